The Morgan fingerprint density at radius 1 is 1.04 bits per heavy atom. The summed E-state index contributed by atoms with van der Waals surface area (Å²) in [4.78, 5) is 0. The number of hydrogen-bond donors (Lipinski definition) is 1. The molecule has 0 saturated carbocycles. The van der Waals surface area contributed by atoms with Crippen molar-refractivity contribution in [2.24, 2.45) is 7.05 Å². The van der Waals surface area contributed by atoms with E-state index in [2.05, 4.69) is 20.8 Å². The van der Waals surface area contributed by atoms with Crippen LogP contribution in [0.2, 0.25) is 0 Å². The highest BCUT2D eigenvalue weighted by molar-refractivity contribution is 5.88. The predicted molar refractivity (Wildman–Crippen MR) is 101 cm³/mol. The first-order valence-electron chi connectivity index (χ1n) is 8.55. The average molecular weight is 363 g/mol. The van der Waals surface area contributed by atoms with Gasteiger partial charge in [-0.2, -0.15) is 0 Å². The average Bonchev–Trinajstić information content (AvgIpc) is 3.10. The number of hydrogen-bond acceptors (Lipinski definition) is 5. The van der Waals surface area contributed by atoms with Gasteiger partial charge in [0, 0.05) is 24.7 Å². The normalized spacial score (nSPS) is 10.9. The Morgan fingerprint density at radius 3 is 2.67 bits per heavy atom. The fourth-order valence-corrected chi connectivity index (χ4v) is 2.95. The molecule has 3 aromatic carbocycles. The van der Waals surface area contributed by atoms with Crippen molar-refractivity contribution in [1.82, 2.24) is 20.2 Å². The van der Waals surface area contributed by atoms with Crippen LogP contribution in [0, 0.1) is 5.82 Å². The monoisotopic (exact) mass is 363 g/mol. The molecule has 4 rings (SSSR count). The van der Waals surface area contributed by atoms with Gasteiger partial charge in [-0.25, -0.2) is 9.07 Å². The third-order valence-electron chi connectivity index (χ3n) is 4.38. The van der Waals surface area contributed by atoms with Crippen LogP contribution in [0.4, 0.5) is 10.3 Å². The molecule has 1 heterocycles. The zero-order chi connectivity index (χ0) is 18.6. The fraction of sp³-hybridized carbons (Fsp3) is 0.150. The van der Waals surface area contributed by atoms with E-state index in [1.165, 1.54) is 6.07 Å². The standard InChI is InChI=1S/C20H18FN5O/c1-26-20(23-24-25-26)22-12-17-16-8-4-2-6-14(16)10-11-19(17)27-13-15-7-3-5-9-18(15)21/h2-11H,12-13H2,1H3,(H,22,23,25). The van der Waals surface area contributed by atoms with Gasteiger partial charge in [-0.05, 0) is 33.3 Å². The number of tetrazole rings is 1. The second kappa shape index (κ2) is 7.41. The van der Waals surface area contributed by atoms with Crippen LogP contribution in [0.15, 0.2) is 60.7 Å². The number of ether oxygens (including phenoxy) is 1. The Bertz CT molecular complexity index is 1080. The van der Waals surface area contributed by atoms with E-state index in [0.29, 0.717) is 23.8 Å². The summed E-state index contributed by atoms with van der Waals surface area (Å²) in [7, 11) is 1.76. The van der Waals surface area contributed by atoms with Crippen molar-refractivity contribution in [3.8, 4) is 5.75 Å². The van der Waals surface area contributed by atoms with Crippen molar-refractivity contribution in [2.75, 3.05) is 5.32 Å². The largest absolute Gasteiger partial charge is 0.488 e. The maximum absolute atomic E-state index is 13.9. The van der Waals surface area contributed by atoms with E-state index in [-0.39, 0.29) is 12.4 Å². The van der Waals surface area contributed by atoms with Gasteiger partial charge in [-0.3, -0.25) is 0 Å². The SMILES string of the molecule is Cn1nnnc1NCc1c(OCc2ccccc2F)ccc2ccccc12. The molecule has 0 aliphatic rings. The molecular weight excluding hydrogens is 345 g/mol. The molecule has 27 heavy (non-hydrogen) atoms. The van der Waals surface area contributed by atoms with E-state index in [1.807, 2.05) is 36.4 Å². The third kappa shape index (κ3) is 3.57. The summed E-state index contributed by atoms with van der Waals surface area (Å²) < 4.78 is 21.4. The Labute approximate surface area is 155 Å². The summed E-state index contributed by atoms with van der Waals surface area (Å²) in [5, 5.41) is 16.8. The van der Waals surface area contributed by atoms with E-state index in [4.69, 9.17) is 4.74 Å². The Hall–Kier alpha value is -3.48. The van der Waals surface area contributed by atoms with Crippen LogP contribution >= 0.6 is 0 Å². The highest BCUT2D eigenvalue weighted by Crippen LogP contribution is 2.29. The zero-order valence-corrected chi connectivity index (χ0v) is 14.8. The van der Waals surface area contributed by atoms with Crippen molar-refractivity contribution in [1.29, 1.82) is 0 Å². The number of halogens is 1. The minimum absolute atomic E-state index is 0.156. The molecular formula is C20H18FN5O. The highest BCUT2D eigenvalue weighted by atomic mass is 19.1. The lowest BCUT2D eigenvalue weighted by Gasteiger charge is -2.15. The van der Waals surface area contributed by atoms with E-state index < -0.39 is 0 Å². The molecule has 0 spiro atoms. The molecule has 1 aromatic heterocycles. The number of aromatic nitrogens is 4. The van der Waals surface area contributed by atoms with Crippen LogP contribution in [-0.4, -0.2) is 20.2 Å². The van der Waals surface area contributed by atoms with Crippen LogP contribution in [-0.2, 0) is 20.2 Å². The van der Waals surface area contributed by atoms with Crippen molar-refractivity contribution in [2.45, 2.75) is 13.2 Å². The van der Waals surface area contributed by atoms with Crippen molar-refractivity contribution >= 4 is 16.7 Å². The van der Waals surface area contributed by atoms with Crippen molar-refractivity contribution in [3.63, 3.8) is 0 Å². The maximum Gasteiger partial charge on any atom is 0.242 e. The molecule has 4 aromatic rings. The van der Waals surface area contributed by atoms with Crippen LogP contribution in [0.25, 0.3) is 10.8 Å². The lowest BCUT2D eigenvalue weighted by atomic mass is 10.0. The van der Waals surface area contributed by atoms with Gasteiger partial charge in [0.2, 0.25) is 5.95 Å². The minimum Gasteiger partial charge on any atom is -0.488 e. The smallest absolute Gasteiger partial charge is 0.242 e. The second-order valence-corrected chi connectivity index (χ2v) is 6.12. The van der Waals surface area contributed by atoms with Gasteiger partial charge in [0.25, 0.3) is 0 Å². The molecule has 0 amide bonds. The van der Waals surface area contributed by atoms with Crippen LogP contribution in [0.1, 0.15) is 11.1 Å². The topological polar surface area (TPSA) is 64.9 Å². The van der Waals surface area contributed by atoms with E-state index in [0.717, 1.165) is 16.3 Å². The Balaban J connectivity index is 1.64. The molecule has 0 fully saturated rings. The van der Waals surface area contributed by atoms with Crippen molar-refractivity contribution in [3.05, 3.63) is 77.6 Å². The molecule has 136 valence electrons. The van der Waals surface area contributed by atoms with E-state index >= 15 is 0 Å². The first-order chi connectivity index (χ1) is 13.2. The molecule has 6 nitrogen and oxygen atoms in total. The molecule has 0 aliphatic heterocycles. The van der Waals surface area contributed by atoms with Gasteiger partial charge >= 0.3 is 0 Å². The molecule has 0 unspecified atom stereocenters. The van der Waals surface area contributed by atoms with Gasteiger partial charge in [-0.15, -0.1) is 0 Å². The Kier molecular flexibility index (Phi) is 4.65. The number of fused-ring (bicyclic) bond motifs is 1. The summed E-state index contributed by atoms with van der Waals surface area (Å²) in [6, 6.07) is 18.6. The Morgan fingerprint density at radius 2 is 1.85 bits per heavy atom. The van der Waals surface area contributed by atoms with Crippen LogP contribution in [0.3, 0.4) is 0 Å². The van der Waals surface area contributed by atoms with Crippen LogP contribution in [0.5, 0.6) is 5.75 Å². The fourth-order valence-electron chi connectivity index (χ4n) is 2.95. The highest BCUT2D eigenvalue weighted by Gasteiger charge is 2.12. The molecule has 0 atom stereocenters. The minimum atomic E-state index is -0.275. The van der Waals surface area contributed by atoms with Gasteiger partial charge < -0.3 is 10.1 Å². The summed E-state index contributed by atoms with van der Waals surface area (Å²) >= 11 is 0. The third-order valence-corrected chi connectivity index (χ3v) is 4.38. The zero-order valence-electron chi connectivity index (χ0n) is 14.8. The number of nitrogens with zero attached hydrogens (tertiary/aromatic N) is 4. The summed E-state index contributed by atoms with van der Waals surface area (Å²) in [6.07, 6.45) is 0. The van der Waals surface area contributed by atoms with Crippen LogP contribution < -0.4 is 10.1 Å². The molecule has 0 radical (unpaired) electrons. The number of nitrogens with one attached hydrogen (secondary N) is 1. The van der Waals surface area contributed by atoms with Gasteiger partial charge in [0.1, 0.15) is 18.2 Å². The molecule has 0 aliphatic carbocycles. The van der Waals surface area contributed by atoms with E-state index in [9.17, 15) is 4.39 Å². The molecule has 0 bridgehead atoms. The van der Waals surface area contributed by atoms with E-state index in [1.54, 1.807) is 29.9 Å². The molecule has 0 saturated heterocycles. The second-order valence-electron chi connectivity index (χ2n) is 6.12. The quantitative estimate of drug-likeness (QED) is 0.566. The lowest BCUT2D eigenvalue weighted by Crippen LogP contribution is -2.08. The molecule has 7 heteroatoms. The van der Waals surface area contributed by atoms with Gasteiger partial charge in [0.05, 0.1) is 0 Å². The number of anilines is 1. The number of benzene rings is 3. The van der Waals surface area contributed by atoms with Gasteiger partial charge in [-0.1, -0.05) is 53.6 Å². The summed E-state index contributed by atoms with van der Waals surface area (Å²) in [6.45, 7) is 0.631. The summed E-state index contributed by atoms with van der Waals surface area (Å²) in [5.74, 6) is 0.977. The number of rotatable bonds is 6. The lowest BCUT2D eigenvalue weighted by molar-refractivity contribution is 0.297. The van der Waals surface area contributed by atoms with Crippen molar-refractivity contribution < 1.29 is 9.13 Å². The van der Waals surface area contributed by atoms with Gasteiger partial charge in [0.15, 0.2) is 0 Å². The maximum atomic E-state index is 13.9. The first-order valence-corrected chi connectivity index (χ1v) is 8.55. The summed E-state index contributed by atoms with van der Waals surface area (Å²) in [5.41, 5.74) is 1.48. The first kappa shape index (κ1) is 17.0. The predicted octanol–water partition coefficient (Wildman–Crippen LogP) is 3.69. The molecule has 1 N–H and O–H groups in total. The number of aryl methyl sites for hydroxylation is 1.